The van der Waals surface area contributed by atoms with Crippen LogP contribution in [-0.4, -0.2) is 46.9 Å². The number of carbonyl (C=O) groups is 1. The highest BCUT2D eigenvalue weighted by molar-refractivity contribution is 6.32. The molecule has 1 amide bonds. The van der Waals surface area contributed by atoms with Gasteiger partial charge >= 0.3 is 0 Å². The molecule has 2 heterocycles. The fourth-order valence-corrected chi connectivity index (χ4v) is 6.69. The van der Waals surface area contributed by atoms with Crippen LogP contribution in [0.2, 0.25) is 5.02 Å². The third-order valence-corrected chi connectivity index (χ3v) is 10.3. The highest BCUT2D eigenvalue weighted by atomic mass is 35.5. The van der Waals surface area contributed by atoms with Crippen LogP contribution in [0.4, 0.5) is 0 Å². The summed E-state index contributed by atoms with van der Waals surface area (Å²) >= 11 is 6.76. The summed E-state index contributed by atoms with van der Waals surface area (Å²) in [7, 11) is 0. The highest BCUT2D eigenvalue weighted by Crippen LogP contribution is 2.36. The Labute approximate surface area is 325 Å². The maximum atomic E-state index is 13.6. The molecule has 6 rings (SSSR count). The van der Waals surface area contributed by atoms with Crippen LogP contribution >= 0.6 is 11.6 Å². The van der Waals surface area contributed by atoms with Crippen LogP contribution in [0.3, 0.4) is 0 Å². The van der Waals surface area contributed by atoms with Gasteiger partial charge in [-0.15, -0.1) is 0 Å². The molecule has 1 aliphatic rings. The van der Waals surface area contributed by atoms with Gasteiger partial charge in [-0.2, -0.15) is 0 Å². The van der Waals surface area contributed by atoms with Gasteiger partial charge in [0.1, 0.15) is 24.7 Å². The van der Waals surface area contributed by atoms with Crippen molar-refractivity contribution < 1.29 is 19.0 Å². The Bertz CT molecular complexity index is 2030. The molecule has 54 heavy (non-hydrogen) atoms. The van der Waals surface area contributed by atoms with E-state index in [2.05, 4.69) is 91.3 Å². The fraction of sp³-hybridized carbons (Fsp3) is 0.304. The standard InChI is InChI=1S/C46H50ClN3O4/c1-31(2)39-15-17-41(18-16-39)52-29-38-13-11-36(12-14-38)28-49-21-23-50(24-22-49)46(51)35(6)34(5)40-25-33(4)45(43(47)26-40)54-44-20-19-42(27-48-44)53-30-37-9-7-32(3)8-10-37/h7-20,25-27,31H,21-24,28-30H2,1-6H3/b35-34+. The monoisotopic (exact) mass is 743 g/mol. The lowest BCUT2D eigenvalue weighted by Crippen LogP contribution is -2.48. The molecule has 0 spiro atoms. The van der Waals surface area contributed by atoms with Gasteiger partial charge in [-0.25, -0.2) is 4.98 Å². The maximum absolute atomic E-state index is 13.6. The number of aromatic nitrogens is 1. The molecular weight excluding hydrogens is 694 g/mol. The van der Waals surface area contributed by atoms with E-state index in [1.807, 2.05) is 56.0 Å². The van der Waals surface area contributed by atoms with Crippen LogP contribution in [0, 0.1) is 13.8 Å². The average Bonchev–Trinajstić information content (AvgIpc) is 3.18. The van der Waals surface area contributed by atoms with Crippen LogP contribution in [0.15, 0.2) is 109 Å². The first kappa shape index (κ1) is 38.6. The number of allylic oxidation sites excluding steroid dienone is 1. The van der Waals surface area contributed by atoms with E-state index >= 15 is 0 Å². The number of benzene rings is 4. The first-order valence-electron chi connectivity index (χ1n) is 18.6. The molecule has 0 radical (unpaired) electrons. The van der Waals surface area contributed by atoms with E-state index in [-0.39, 0.29) is 5.91 Å². The zero-order valence-electron chi connectivity index (χ0n) is 32.2. The Kier molecular flexibility index (Phi) is 12.7. The first-order chi connectivity index (χ1) is 26.0. The zero-order valence-corrected chi connectivity index (χ0v) is 33.0. The van der Waals surface area contributed by atoms with Crippen LogP contribution in [0.25, 0.3) is 5.57 Å². The van der Waals surface area contributed by atoms with E-state index < -0.39 is 0 Å². The van der Waals surface area contributed by atoms with E-state index in [0.29, 0.717) is 60.2 Å². The molecule has 0 saturated carbocycles. The summed E-state index contributed by atoms with van der Waals surface area (Å²) in [6.07, 6.45) is 1.64. The number of hydrogen-bond acceptors (Lipinski definition) is 6. The molecular formula is C46H50ClN3O4. The number of hydrogen-bond donors (Lipinski definition) is 0. The van der Waals surface area contributed by atoms with Gasteiger partial charge in [-0.1, -0.05) is 91.7 Å². The van der Waals surface area contributed by atoms with Crippen molar-refractivity contribution in [3.05, 3.63) is 153 Å². The molecule has 5 aromatic rings. The molecule has 8 heteroatoms. The van der Waals surface area contributed by atoms with Crippen molar-refractivity contribution in [2.24, 2.45) is 0 Å². The topological polar surface area (TPSA) is 64.1 Å². The summed E-state index contributed by atoms with van der Waals surface area (Å²) in [5.41, 5.74) is 9.35. The minimum atomic E-state index is 0.0540. The van der Waals surface area contributed by atoms with Crippen molar-refractivity contribution >= 4 is 23.1 Å². The van der Waals surface area contributed by atoms with E-state index in [0.717, 1.165) is 53.2 Å². The van der Waals surface area contributed by atoms with Gasteiger partial charge in [0.2, 0.25) is 11.8 Å². The van der Waals surface area contributed by atoms with E-state index in [4.69, 9.17) is 25.8 Å². The quantitative estimate of drug-likeness (QED) is 0.112. The van der Waals surface area contributed by atoms with Crippen molar-refractivity contribution in [3.63, 3.8) is 0 Å². The largest absolute Gasteiger partial charge is 0.489 e. The molecule has 1 aliphatic heterocycles. The van der Waals surface area contributed by atoms with Crippen molar-refractivity contribution in [3.8, 4) is 23.1 Å². The van der Waals surface area contributed by atoms with Gasteiger partial charge in [0.05, 0.1) is 11.2 Å². The van der Waals surface area contributed by atoms with Crippen molar-refractivity contribution in [2.75, 3.05) is 26.2 Å². The summed E-state index contributed by atoms with van der Waals surface area (Å²) in [5, 5.41) is 0.455. The third kappa shape index (κ3) is 10.1. The lowest BCUT2D eigenvalue weighted by molar-refractivity contribution is -0.128. The van der Waals surface area contributed by atoms with Crippen LogP contribution in [-0.2, 0) is 24.6 Å². The molecule has 0 bridgehead atoms. The summed E-state index contributed by atoms with van der Waals surface area (Å²) in [6, 6.07) is 32.7. The van der Waals surface area contributed by atoms with Crippen molar-refractivity contribution in [1.82, 2.24) is 14.8 Å². The van der Waals surface area contributed by atoms with Gasteiger partial charge in [-0.3, -0.25) is 9.69 Å². The summed E-state index contributed by atoms with van der Waals surface area (Å²) in [5.74, 6) is 3.04. The number of nitrogens with zero attached hydrogens (tertiary/aromatic N) is 3. The van der Waals surface area contributed by atoms with Crippen molar-refractivity contribution in [1.29, 1.82) is 0 Å². The molecule has 1 fully saturated rings. The van der Waals surface area contributed by atoms with Gasteiger partial charge in [0, 0.05) is 44.4 Å². The van der Waals surface area contributed by atoms with Crippen LogP contribution in [0.1, 0.15) is 72.6 Å². The second-order valence-electron chi connectivity index (χ2n) is 14.5. The number of ether oxygens (including phenoxy) is 3. The van der Waals surface area contributed by atoms with E-state index in [1.54, 1.807) is 12.3 Å². The third-order valence-electron chi connectivity index (χ3n) is 10.0. The molecule has 0 atom stereocenters. The minimum Gasteiger partial charge on any atom is -0.489 e. The molecule has 0 unspecified atom stereocenters. The Morgan fingerprint density at radius 3 is 1.94 bits per heavy atom. The second-order valence-corrected chi connectivity index (χ2v) is 14.9. The molecule has 0 N–H and O–H groups in total. The smallest absolute Gasteiger partial charge is 0.249 e. The number of carbonyl (C=O) groups excluding carboxylic acids is 1. The molecule has 1 saturated heterocycles. The lowest BCUT2D eigenvalue weighted by Gasteiger charge is -2.35. The van der Waals surface area contributed by atoms with Gasteiger partial charge in [-0.05, 0) is 103 Å². The Hall–Kier alpha value is -5.11. The zero-order chi connectivity index (χ0) is 38.2. The summed E-state index contributed by atoms with van der Waals surface area (Å²) in [6.45, 7) is 17.1. The van der Waals surface area contributed by atoms with Gasteiger partial charge in [0.15, 0.2) is 5.75 Å². The van der Waals surface area contributed by atoms with E-state index in [9.17, 15) is 4.79 Å². The van der Waals surface area contributed by atoms with E-state index in [1.165, 1.54) is 16.7 Å². The average molecular weight is 744 g/mol. The molecule has 1 aromatic heterocycles. The molecule has 280 valence electrons. The fourth-order valence-electron chi connectivity index (χ4n) is 6.38. The summed E-state index contributed by atoms with van der Waals surface area (Å²) in [4.78, 5) is 22.4. The maximum Gasteiger partial charge on any atom is 0.249 e. The lowest BCUT2D eigenvalue weighted by atomic mass is 9.99. The predicted octanol–water partition coefficient (Wildman–Crippen LogP) is 10.6. The highest BCUT2D eigenvalue weighted by Gasteiger charge is 2.24. The number of piperazine rings is 1. The number of aryl methyl sites for hydroxylation is 2. The Morgan fingerprint density at radius 1 is 0.759 bits per heavy atom. The number of halogens is 1. The normalized spacial score (nSPS) is 13.8. The number of pyridine rings is 1. The Morgan fingerprint density at radius 2 is 1.35 bits per heavy atom. The second kappa shape index (κ2) is 17.8. The molecule has 0 aliphatic carbocycles. The van der Waals surface area contributed by atoms with Gasteiger partial charge in [0.25, 0.3) is 0 Å². The van der Waals surface area contributed by atoms with Crippen LogP contribution < -0.4 is 14.2 Å². The van der Waals surface area contributed by atoms with Crippen LogP contribution in [0.5, 0.6) is 23.1 Å². The molecule has 4 aromatic carbocycles. The van der Waals surface area contributed by atoms with Crippen molar-refractivity contribution in [2.45, 2.75) is 67.2 Å². The SMILES string of the molecule is C/C(C(=O)N1CCN(Cc2ccc(COc3ccc(C(C)C)cc3)cc2)CC1)=C(/C)c1cc(C)c(Oc2ccc(OCc3ccc(C)cc3)cn2)c(Cl)c1. The minimum absolute atomic E-state index is 0.0540. The number of rotatable bonds is 13. The Balaban J connectivity index is 0.983. The predicted molar refractivity (Wildman–Crippen MR) is 217 cm³/mol. The van der Waals surface area contributed by atoms with Gasteiger partial charge < -0.3 is 19.1 Å². The number of amides is 1. The molecule has 7 nitrogen and oxygen atoms in total. The summed E-state index contributed by atoms with van der Waals surface area (Å²) < 4.78 is 18.0. The first-order valence-corrected chi connectivity index (χ1v) is 19.0.